The SMILES string of the molecule is C#C[C@]1(CO[P@@](=O)(N[C@@H](C)C(=O)OC(C)C)Oc2ccccc2)O[C@@](C#N)(c2cnc3c(N)nc(N)nn23)[C@@H](O)C1O. The molecular formula is C25H29N8O8P. The van der Waals surface area contributed by atoms with Gasteiger partial charge >= 0.3 is 13.7 Å². The molecule has 4 rings (SSSR count). The van der Waals surface area contributed by atoms with Crippen molar-refractivity contribution in [3.05, 3.63) is 42.2 Å². The highest BCUT2D eigenvalue weighted by Crippen LogP contribution is 2.50. The number of aromatic nitrogens is 4. The maximum absolute atomic E-state index is 13.9. The zero-order chi connectivity index (χ0) is 30.9. The highest BCUT2D eigenvalue weighted by Gasteiger charge is 2.65. The Balaban J connectivity index is 1.68. The van der Waals surface area contributed by atoms with Crippen molar-refractivity contribution in [2.45, 2.75) is 56.3 Å². The largest absolute Gasteiger partial charge is 0.462 e. The number of hydrogen-bond acceptors (Lipinski definition) is 14. The Hall–Kier alpha value is -4.28. The normalized spacial score (nSPS) is 25.8. The highest BCUT2D eigenvalue weighted by atomic mass is 31.2. The van der Waals surface area contributed by atoms with Crippen LogP contribution in [0, 0.1) is 23.7 Å². The summed E-state index contributed by atoms with van der Waals surface area (Å²) in [5, 5.41) is 39.0. The van der Waals surface area contributed by atoms with Crippen LogP contribution >= 0.6 is 7.75 Å². The molecule has 3 heterocycles. The molecule has 0 bridgehead atoms. The summed E-state index contributed by atoms with van der Waals surface area (Å²) in [6.07, 6.45) is 2.44. The lowest BCUT2D eigenvalue weighted by atomic mass is 9.89. The number of nitrogens with zero attached hydrogens (tertiary/aromatic N) is 5. The highest BCUT2D eigenvalue weighted by molar-refractivity contribution is 7.52. The van der Waals surface area contributed by atoms with Gasteiger partial charge in [-0.2, -0.15) is 15.3 Å². The lowest BCUT2D eigenvalue weighted by Gasteiger charge is -2.30. The van der Waals surface area contributed by atoms with E-state index in [1.165, 1.54) is 19.1 Å². The maximum Gasteiger partial charge on any atom is 0.459 e. The van der Waals surface area contributed by atoms with Gasteiger partial charge in [-0.05, 0) is 32.9 Å². The van der Waals surface area contributed by atoms with Gasteiger partial charge in [0, 0.05) is 0 Å². The summed E-state index contributed by atoms with van der Waals surface area (Å²) in [5.41, 5.74) is 6.70. The second-order valence-electron chi connectivity index (χ2n) is 9.62. The molecule has 16 nitrogen and oxygen atoms in total. The topological polar surface area (TPSA) is 242 Å². The summed E-state index contributed by atoms with van der Waals surface area (Å²) in [6, 6.07) is 8.52. The second kappa shape index (κ2) is 11.5. The fraction of sp³-hybridized carbons (Fsp3) is 0.400. The number of para-hydroxylation sites is 1. The lowest BCUT2D eigenvalue weighted by molar-refractivity contribution is -0.149. The van der Waals surface area contributed by atoms with Crippen LogP contribution in [0.1, 0.15) is 26.5 Å². The molecule has 1 aliphatic rings. The number of ether oxygens (including phenoxy) is 2. The van der Waals surface area contributed by atoms with Gasteiger partial charge in [-0.1, -0.05) is 24.1 Å². The summed E-state index contributed by atoms with van der Waals surface area (Å²) < 4.78 is 37.3. The summed E-state index contributed by atoms with van der Waals surface area (Å²) in [4.78, 5) is 20.3. The number of nitrogens with two attached hydrogens (primary N) is 2. The molecule has 6 atom stereocenters. The molecule has 1 aliphatic heterocycles. The molecule has 0 amide bonds. The van der Waals surface area contributed by atoms with E-state index in [1.807, 2.05) is 6.07 Å². The molecular weight excluding hydrogens is 571 g/mol. The van der Waals surface area contributed by atoms with Gasteiger partial charge < -0.3 is 35.7 Å². The van der Waals surface area contributed by atoms with Crippen LogP contribution in [0.2, 0.25) is 0 Å². The molecule has 3 aromatic rings. The van der Waals surface area contributed by atoms with Crippen LogP contribution in [0.3, 0.4) is 0 Å². The fourth-order valence-corrected chi connectivity index (χ4v) is 5.72. The van der Waals surface area contributed by atoms with Crippen LogP contribution < -0.4 is 21.1 Å². The minimum atomic E-state index is -4.48. The van der Waals surface area contributed by atoms with Gasteiger partial charge in [0.2, 0.25) is 11.5 Å². The van der Waals surface area contributed by atoms with Crippen molar-refractivity contribution in [3.8, 4) is 24.2 Å². The molecule has 7 N–H and O–H groups in total. The van der Waals surface area contributed by atoms with Gasteiger partial charge in [-0.25, -0.2) is 14.1 Å². The number of nitriles is 1. The van der Waals surface area contributed by atoms with E-state index in [1.54, 1.807) is 32.0 Å². The van der Waals surface area contributed by atoms with E-state index >= 15 is 0 Å². The third-order valence-electron chi connectivity index (χ3n) is 6.21. The predicted molar refractivity (Wildman–Crippen MR) is 146 cm³/mol. The first-order chi connectivity index (χ1) is 19.8. The summed E-state index contributed by atoms with van der Waals surface area (Å²) in [5.74, 6) is 1.15. The first-order valence-electron chi connectivity index (χ1n) is 12.5. The smallest absolute Gasteiger partial charge is 0.459 e. The number of aliphatic hydroxyl groups excluding tert-OH is 2. The number of carbonyl (C=O) groups is 1. The Morgan fingerprint density at radius 3 is 2.60 bits per heavy atom. The molecule has 0 saturated carbocycles. The van der Waals surface area contributed by atoms with Gasteiger partial charge in [-0.15, -0.1) is 11.5 Å². The number of fused-ring (bicyclic) bond motifs is 1. The average molecular weight is 601 g/mol. The molecule has 42 heavy (non-hydrogen) atoms. The number of benzene rings is 1. The molecule has 1 fully saturated rings. The van der Waals surface area contributed by atoms with E-state index in [4.69, 9.17) is 36.4 Å². The first kappa shape index (κ1) is 30.7. The van der Waals surface area contributed by atoms with Gasteiger partial charge in [0.25, 0.3) is 0 Å². The fourth-order valence-electron chi connectivity index (χ4n) is 4.20. The van der Waals surface area contributed by atoms with E-state index < -0.39 is 55.9 Å². The van der Waals surface area contributed by atoms with Crippen molar-refractivity contribution < 1.29 is 38.1 Å². The summed E-state index contributed by atoms with van der Waals surface area (Å²) >= 11 is 0. The predicted octanol–water partition coefficient (Wildman–Crippen LogP) is 0.265. The third-order valence-corrected chi connectivity index (χ3v) is 7.83. The summed E-state index contributed by atoms with van der Waals surface area (Å²) in [6.45, 7) is 3.77. The first-order valence-corrected chi connectivity index (χ1v) is 14.0. The minimum Gasteiger partial charge on any atom is -0.462 e. The Bertz CT molecular complexity index is 1610. The van der Waals surface area contributed by atoms with Crippen molar-refractivity contribution >= 4 is 31.1 Å². The minimum absolute atomic E-state index is 0.0131. The monoisotopic (exact) mass is 600 g/mol. The average Bonchev–Trinajstić information content (AvgIpc) is 3.46. The van der Waals surface area contributed by atoms with Gasteiger partial charge in [0.05, 0.1) is 12.3 Å². The van der Waals surface area contributed by atoms with Gasteiger partial charge in [0.1, 0.15) is 42.4 Å². The molecule has 1 unspecified atom stereocenters. The molecule has 1 saturated heterocycles. The quantitative estimate of drug-likeness (QED) is 0.119. The van der Waals surface area contributed by atoms with E-state index in [0.29, 0.717) is 0 Å². The van der Waals surface area contributed by atoms with E-state index in [9.17, 15) is 24.8 Å². The van der Waals surface area contributed by atoms with Crippen LogP contribution in [0.5, 0.6) is 5.75 Å². The number of rotatable bonds is 10. The van der Waals surface area contributed by atoms with Crippen molar-refractivity contribution in [2.75, 3.05) is 18.1 Å². The maximum atomic E-state index is 13.9. The number of carbonyl (C=O) groups excluding carboxylic acids is 1. The van der Waals surface area contributed by atoms with Crippen molar-refractivity contribution in [3.63, 3.8) is 0 Å². The number of anilines is 2. The Morgan fingerprint density at radius 1 is 1.29 bits per heavy atom. The number of hydrogen-bond donors (Lipinski definition) is 5. The number of nitrogen functional groups attached to an aromatic ring is 2. The van der Waals surface area contributed by atoms with E-state index in [0.717, 1.165) is 10.7 Å². The number of nitrogens with one attached hydrogen (secondary N) is 1. The van der Waals surface area contributed by atoms with Crippen LogP contribution in [-0.4, -0.2) is 72.3 Å². The van der Waals surface area contributed by atoms with Gasteiger partial charge in [0.15, 0.2) is 17.1 Å². The number of imidazole rings is 1. The Labute approximate surface area is 240 Å². The van der Waals surface area contributed by atoms with Crippen molar-refractivity contribution in [1.29, 1.82) is 5.26 Å². The molecule has 0 radical (unpaired) electrons. The Kier molecular flexibility index (Phi) is 8.43. The van der Waals surface area contributed by atoms with Crippen LogP contribution in [0.25, 0.3) is 5.65 Å². The zero-order valence-corrected chi connectivity index (χ0v) is 23.6. The van der Waals surface area contributed by atoms with E-state index in [2.05, 4.69) is 26.1 Å². The molecule has 1 aromatic carbocycles. The lowest BCUT2D eigenvalue weighted by Crippen LogP contribution is -2.46. The second-order valence-corrected chi connectivity index (χ2v) is 11.3. The van der Waals surface area contributed by atoms with Crippen LogP contribution in [-0.2, 0) is 29.0 Å². The third kappa shape index (κ3) is 5.60. The van der Waals surface area contributed by atoms with Crippen LogP contribution in [0.4, 0.5) is 11.8 Å². The molecule has 2 aromatic heterocycles. The number of terminal acetylenes is 1. The standard InChI is InChI=1S/C25H29N8O8P/c1-5-24(13-38-42(37,40-16-9-7-6-8-10-16)32-15(4)22(36)39-14(2)3)18(34)19(35)25(12-26,41-24)17-11-29-21-20(27)30-23(28)31-33(17)21/h1,6-11,14-15,18-19,34-35H,13H2,2-4H3,(H,32,37)(H4,27,28,30,31)/t15-,18?,19-,24+,25-,42-/m0/s1. The van der Waals surface area contributed by atoms with Gasteiger partial charge in [-0.3, -0.25) is 9.32 Å². The van der Waals surface area contributed by atoms with Crippen LogP contribution in [0.15, 0.2) is 36.5 Å². The van der Waals surface area contributed by atoms with Crippen molar-refractivity contribution in [2.24, 2.45) is 0 Å². The molecule has 17 heteroatoms. The van der Waals surface area contributed by atoms with Crippen molar-refractivity contribution in [1.82, 2.24) is 24.7 Å². The van der Waals surface area contributed by atoms with E-state index in [-0.39, 0.29) is 28.9 Å². The summed E-state index contributed by atoms with van der Waals surface area (Å²) in [7, 11) is -4.48. The number of aliphatic hydroxyl groups is 2. The molecule has 0 spiro atoms. The molecule has 0 aliphatic carbocycles. The molecule has 222 valence electrons. The number of esters is 1. The zero-order valence-electron chi connectivity index (χ0n) is 22.7. The Morgan fingerprint density at radius 2 is 1.98 bits per heavy atom.